The summed E-state index contributed by atoms with van der Waals surface area (Å²) in [6.45, 7) is 3.50. The Balaban J connectivity index is 1.47. The number of benzene rings is 4. The van der Waals surface area contributed by atoms with Gasteiger partial charge in [-0.3, -0.25) is 4.90 Å². The molecule has 0 fully saturated rings. The number of hydrogen-bond donors (Lipinski definition) is 1. The number of phenolic OH excluding ortho intramolecular Hbond substituents is 1. The van der Waals surface area contributed by atoms with E-state index in [4.69, 9.17) is 23.7 Å². The highest BCUT2D eigenvalue weighted by Crippen LogP contribution is 2.52. The van der Waals surface area contributed by atoms with Crippen LogP contribution in [0, 0.1) is 0 Å². The predicted molar refractivity (Wildman–Crippen MR) is 200 cm³/mol. The smallest absolute Gasteiger partial charge is 0.201 e. The third kappa shape index (κ3) is 6.74. The number of rotatable bonds is 8. The Morgan fingerprint density at radius 1 is 0.906 bits per heavy atom. The molecule has 0 saturated heterocycles. The van der Waals surface area contributed by atoms with E-state index < -0.39 is 12.0 Å². The predicted octanol–water partition coefficient (Wildman–Crippen LogP) is 6.68. The normalized spacial score (nSPS) is 21.2. The fraction of sp³-hybridized carbons (Fsp3) is 0.419. The van der Waals surface area contributed by atoms with Gasteiger partial charge in [0.15, 0.2) is 34.5 Å². The number of nitrogens with zero attached hydrogens (tertiary/aromatic N) is 2. The quantitative estimate of drug-likeness (QED) is 0.199. The summed E-state index contributed by atoms with van der Waals surface area (Å²) in [5, 5.41) is 24.8. The van der Waals surface area contributed by atoms with Crippen molar-refractivity contribution in [1.29, 1.82) is 0 Å². The Morgan fingerprint density at radius 2 is 1.60 bits per heavy atom. The second-order valence-electron chi connectivity index (χ2n) is 14.8. The van der Waals surface area contributed by atoms with Crippen LogP contribution in [-0.2, 0) is 30.5 Å². The maximum Gasteiger partial charge on any atom is 0.201 e. The van der Waals surface area contributed by atoms with Gasteiger partial charge in [0.2, 0.25) is 5.75 Å². The van der Waals surface area contributed by atoms with Gasteiger partial charge in [-0.05, 0) is 91.0 Å². The molecule has 4 aliphatic heterocycles. The molecule has 0 spiro atoms. The Labute approximate surface area is 312 Å². The average Bonchev–Trinajstić information content (AvgIpc) is 3.15. The monoisotopic (exact) mass is 722 g/mol. The number of phenols is 1. The van der Waals surface area contributed by atoms with Gasteiger partial charge in [0.25, 0.3) is 0 Å². The third-order valence-electron chi connectivity index (χ3n) is 11.8. The molecule has 0 amide bonds. The van der Waals surface area contributed by atoms with Crippen LogP contribution in [-0.4, -0.2) is 75.0 Å². The molecule has 4 aliphatic rings. The molecule has 4 atom stereocenters. The van der Waals surface area contributed by atoms with Gasteiger partial charge in [-0.1, -0.05) is 31.5 Å². The van der Waals surface area contributed by atoms with Crippen molar-refractivity contribution in [3.63, 3.8) is 0 Å². The lowest BCUT2D eigenvalue weighted by Crippen LogP contribution is -2.63. The van der Waals surface area contributed by atoms with Crippen LogP contribution >= 0.6 is 0 Å². The molecule has 280 valence electrons. The highest BCUT2D eigenvalue weighted by atomic mass is 16.5. The van der Waals surface area contributed by atoms with Crippen molar-refractivity contribution in [3.05, 3.63) is 94.0 Å². The molecule has 0 aliphatic carbocycles. The number of carboxylic acids is 1. The van der Waals surface area contributed by atoms with E-state index in [0.29, 0.717) is 72.5 Å². The molecule has 0 radical (unpaired) electrons. The van der Waals surface area contributed by atoms with E-state index in [-0.39, 0.29) is 22.3 Å². The Hall–Kier alpha value is -4.93. The molecule has 0 aromatic heterocycles. The number of methoxy groups -OCH3 is 3. The average molecular weight is 723 g/mol. The number of aliphatic carboxylic acids is 1. The molecular weight excluding hydrogens is 672 g/mol. The summed E-state index contributed by atoms with van der Waals surface area (Å²) < 4.78 is 31.0. The van der Waals surface area contributed by atoms with Gasteiger partial charge in [-0.25, -0.2) is 0 Å². The largest absolute Gasteiger partial charge is 0.544 e. The minimum absolute atomic E-state index is 0.0900. The van der Waals surface area contributed by atoms with Gasteiger partial charge >= 0.3 is 0 Å². The summed E-state index contributed by atoms with van der Waals surface area (Å²) in [5.74, 6) is 2.39. The lowest BCUT2D eigenvalue weighted by Gasteiger charge is -2.51. The SMILES string of the molecule is CCCCC(C(=O)[O-])[N+]1(C)CCc2cc(OC)c3cc2C1Cc1ccc(cc1)Oc1cc(ccc1OC)CC1c2c(cc(OC)c(O)c2O3)CCN1C. The first-order valence-electron chi connectivity index (χ1n) is 18.6. The van der Waals surface area contributed by atoms with Crippen LogP contribution < -0.4 is 28.8 Å². The number of carbonyl (C=O) groups is 1. The zero-order valence-corrected chi connectivity index (χ0v) is 31.6. The minimum atomic E-state index is -1.03. The van der Waals surface area contributed by atoms with Crippen LogP contribution in [0.1, 0.15) is 71.7 Å². The maximum absolute atomic E-state index is 13.0. The van der Waals surface area contributed by atoms with E-state index in [2.05, 4.69) is 25.9 Å². The summed E-state index contributed by atoms with van der Waals surface area (Å²) in [6.07, 6.45) is 4.77. The number of fused-ring (bicyclic) bond motifs is 2. The van der Waals surface area contributed by atoms with Crippen molar-refractivity contribution >= 4 is 5.97 Å². The zero-order chi connectivity index (χ0) is 37.4. The Kier molecular flexibility index (Phi) is 10.2. The first-order chi connectivity index (χ1) is 25.6. The molecule has 4 unspecified atom stereocenters. The lowest BCUT2D eigenvalue weighted by molar-refractivity contribution is -0.958. The van der Waals surface area contributed by atoms with E-state index in [9.17, 15) is 15.0 Å². The molecule has 10 heteroatoms. The van der Waals surface area contributed by atoms with E-state index in [1.54, 1.807) is 21.3 Å². The second kappa shape index (κ2) is 14.8. The van der Waals surface area contributed by atoms with Crippen molar-refractivity contribution in [3.8, 4) is 46.0 Å². The molecule has 10 nitrogen and oxygen atoms in total. The highest BCUT2D eigenvalue weighted by Gasteiger charge is 2.46. The van der Waals surface area contributed by atoms with Crippen molar-refractivity contribution in [2.75, 3.05) is 48.5 Å². The molecule has 4 aromatic rings. The van der Waals surface area contributed by atoms with Gasteiger partial charge < -0.3 is 43.2 Å². The zero-order valence-electron chi connectivity index (χ0n) is 31.6. The van der Waals surface area contributed by atoms with Gasteiger partial charge in [0.1, 0.15) is 17.8 Å². The van der Waals surface area contributed by atoms with E-state index in [0.717, 1.165) is 59.2 Å². The van der Waals surface area contributed by atoms with Crippen LogP contribution in [0.25, 0.3) is 0 Å². The van der Waals surface area contributed by atoms with Crippen LogP contribution in [0.3, 0.4) is 0 Å². The fourth-order valence-corrected chi connectivity index (χ4v) is 8.72. The number of carboxylic acid groups (broad SMARTS) is 1. The first-order valence-corrected chi connectivity index (χ1v) is 18.6. The first kappa shape index (κ1) is 36.4. The Morgan fingerprint density at radius 3 is 2.30 bits per heavy atom. The van der Waals surface area contributed by atoms with Crippen LogP contribution in [0.4, 0.5) is 0 Å². The maximum atomic E-state index is 13.0. The molecular formula is C43H50N2O8. The number of unbranched alkanes of at least 4 members (excludes halogenated alkanes) is 1. The van der Waals surface area contributed by atoms with Crippen molar-refractivity contribution in [1.82, 2.24) is 4.90 Å². The summed E-state index contributed by atoms with van der Waals surface area (Å²) in [4.78, 5) is 15.2. The van der Waals surface area contributed by atoms with Gasteiger partial charge in [0.05, 0.1) is 40.9 Å². The molecule has 1 N–H and O–H groups in total. The van der Waals surface area contributed by atoms with Gasteiger partial charge in [-0.15, -0.1) is 0 Å². The number of quaternary nitrogens is 1. The summed E-state index contributed by atoms with van der Waals surface area (Å²) in [5.41, 5.74) is 6.04. The topological polar surface area (TPSA) is 110 Å². The van der Waals surface area contributed by atoms with Crippen molar-refractivity contribution in [2.45, 2.75) is 70.0 Å². The molecule has 53 heavy (non-hydrogen) atoms. The second-order valence-corrected chi connectivity index (χ2v) is 14.8. The van der Waals surface area contributed by atoms with Gasteiger partial charge in [0, 0.05) is 43.0 Å². The molecule has 4 aromatic carbocycles. The Bertz CT molecular complexity index is 2000. The van der Waals surface area contributed by atoms with Crippen molar-refractivity contribution in [2.24, 2.45) is 0 Å². The van der Waals surface area contributed by atoms with Crippen molar-refractivity contribution < 1.29 is 43.2 Å². The number of hydrogen-bond acceptors (Lipinski definition) is 9. The van der Waals surface area contributed by atoms with Crippen LogP contribution in [0.15, 0.2) is 60.7 Å². The summed E-state index contributed by atoms with van der Waals surface area (Å²) in [7, 11) is 8.93. The lowest BCUT2D eigenvalue weighted by atomic mass is 9.84. The van der Waals surface area contributed by atoms with Gasteiger partial charge in [-0.2, -0.15) is 0 Å². The molecule has 8 rings (SSSR count). The summed E-state index contributed by atoms with van der Waals surface area (Å²) >= 11 is 0. The van der Waals surface area contributed by atoms with Crippen LogP contribution in [0.2, 0.25) is 0 Å². The number of carbonyl (C=O) groups excluding carboxylic acids is 1. The molecule has 6 bridgehead atoms. The number of ether oxygens (including phenoxy) is 5. The van der Waals surface area contributed by atoms with E-state index >= 15 is 0 Å². The number of likely N-dealkylation sites (N-methyl/N-ethyl adjacent to an activating group) is 2. The molecule has 4 heterocycles. The minimum Gasteiger partial charge on any atom is -0.544 e. The molecule has 0 saturated carbocycles. The summed E-state index contributed by atoms with van der Waals surface area (Å²) in [6, 6.07) is 18.8. The standard InChI is InChI=1S/C43H50N2O8/c1-7-8-9-33(43(47)48)45(3)19-17-28-23-36(50-5)38-25-31(28)34(45)21-26-10-13-30(14-11-26)52-37-22-27(12-15-35(37)49-4)20-32-40-29(16-18-44(32)2)24-39(51-6)41(46)42(40)53-38/h10-15,22-25,32-34H,7-9,16-21H2,1-6H3,(H-,46,47,48). The highest BCUT2D eigenvalue weighted by molar-refractivity contribution is 5.70. The van der Waals surface area contributed by atoms with Crippen LogP contribution in [0.5, 0.6) is 46.0 Å². The fourth-order valence-electron chi connectivity index (χ4n) is 8.72. The van der Waals surface area contributed by atoms with E-state index in [1.165, 1.54) is 0 Å². The third-order valence-corrected chi connectivity index (χ3v) is 11.8. The number of aromatic hydroxyl groups is 1. The van der Waals surface area contributed by atoms with E-state index in [1.807, 2.05) is 60.7 Å².